The van der Waals surface area contributed by atoms with Crippen molar-refractivity contribution >= 4 is 34.2 Å². The Morgan fingerprint density at radius 3 is 2.68 bits per heavy atom. The van der Waals surface area contributed by atoms with Crippen LogP contribution in [-0.2, 0) is 6.42 Å². The number of rotatable bonds is 3. The summed E-state index contributed by atoms with van der Waals surface area (Å²) in [7, 11) is 0. The molecule has 0 aromatic carbocycles. The maximum absolute atomic E-state index is 6.23. The van der Waals surface area contributed by atoms with Crippen LogP contribution in [0.3, 0.4) is 0 Å². The lowest BCUT2D eigenvalue weighted by molar-refractivity contribution is 0.808. The molecule has 0 bridgehead atoms. The summed E-state index contributed by atoms with van der Waals surface area (Å²) in [5, 5.41) is 0.521. The summed E-state index contributed by atoms with van der Waals surface area (Å²) in [4.78, 5) is 13.2. The van der Waals surface area contributed by atoms with E-state index in [-0.39, 0.29) is 0 Å². The van der Waals surface area contributed by atoms with Crippen LogP contribution < -0.4 is 0 Å². The Morgan fingerprint density at radius 1 is 1.32 bits per heavy atom. The van der Waals surface area contributed by atoms with E-state index in [9.17, 15) is 0 Å². The number of pyridine rings is 1. The first kappa shape index (κ1) is 14.7. The monoisotopic (exact) mass is 387 g/mol. The Bertz CT molecular complexity index is 599. The van der Waals surface area contributed by atoms with E-state index in [1.54, 1.807) is 6.20 Å². The molecule has 0 radical (unpaired) electrons. The third kappa shape index (κ3) is 3.05. The van der Waals surface area contributed by atoms with Crippen molar-refractivity contribution in [2.45, 2.75) is 33.1 Å². The SMILES string of the molecule is CCc1cnccc1-c1nc(Cl)c(I)c(C(C)C)n1. The topological polar surface area (TPSA) is 38.7 Å². The number of hydrogen-bond acceptors (Lipinski definition) is 3. The zero-order chi connectivity index (χ0) is 14.0. The first-order valence-corrected chi connectivity index (χ1v) is 7.66. The number of halogens is 2. The van der Waals surface area contributed by atoms with Gasteiger partial charge >= 0.3 is 0 Å². The van der Waals surface area contributed by atoms with E-state index in [0.29, 0.717) is 16.9 Å². The normalized spacial score (nSPS) is 11.1. The van der Waals surface area contributed by atoms with Crippen LogP contribution in [0.1, 0.15) is 37.9 Å². The van der Waals surface area contributed by atoms with Crippen LogP contribution >= 0.6 is 34.2 Å². The molecule has 0 unspecified atom stereocenters. The molecule has 2 aromatic rings. The van der Waals surface area contributed by atoms with Crippen LogP contribution in [0.15, 0.2) is 18.5 Å². The lowest BCUT2D eigenvalue weighted by Crippen LogP contribution is -2.03. The Kier molecular flexibility index (Phi) is 4.73. The van der Waals surface area contributed by atoms with Gasteiger partial charge in [-0.3, -0.25) is 4.98 Å². The molecule has 0 saturated carbocycles. The molecule has 2 aromatic heterocycles. The van der Waals surface area contributed by atoms with Gasteiger partial charge in [-0.15, -0.1) is 0 Å². The minimum Gasteiger partial charge on any atom is -0.264 e. The van der Waals surface area contributed by atoms with Crippen LogP contribution in [0.5, 0.6) is 0 Å². The average molecular weight is 388 g/mol. The molecular formula is C14H15ClIN3. The Labute approximate surface area is 132 Å². The highest BCUT2D eigenvalue weighted by molar-refractivity contribution is 14.1. The highest BCUT2D eigenvalue weighted by Crippen LogP contribution is 2.29. The number of aryl methyl sites for hydroxylation is 1. The maximum Gasteiger partial charge on any atom is 0.161 e. The quantitative estimate of drug-likeness (QED) is 0.575. The van der Waals surface area contributed by atoms with E-state index < -0.39 is 0 Å². The fourth-order valence-corrected chi connectivity index (χ4v) is 2.91. The van der Waals surface area contributed by atoms with Gasteiger partial charge in [0.2, 0.25) is 0 Å². The molecule has 3 nitrogen and oxygen atoms in total. The molecule has 5 heteroatoms. The molecule has 2 heterocycles. The second-order valence-corrected chi connectivity index (χ2v) is 6.02. The third-order valence-electron chi connectivity index (χ3n) is 2.91. The van der Waals surface area contributed by atoms with Gasteiger partial charge in [0.15, 0.2) is 5.82 Å². The van der Waals surface area contributed by atoms with Gasteiger partial charge in [-0.05, 0) is 46.6 Å². The fraction of sp³-hybridized carbons (Fsp3) is 0.357. The highest BCUT2D eigenvalue weighted by Gasteiger charge is 2.16. The summed E-state index contributed by atoms with van der Waals surface area (Å²) in [6, 6.07) is 1.95. The average Bonchev–Trinajstić information content (AvgIpc) is 2.41. The van der Waals surface area contributed by atoms with Gasteiger partial charge in [-0.25, -0.2) is 9.97 Å². The molecule has 0 N–H and O–H groups in total. The minimum absolute atomic E-state index is 0.318. The summed E-state index contributed by atoms with van der Waals surface area (Å²) in [6.07, 6.45) is 4.52. The summed E-state index contributed by atoms with van der Waals surface area (Å²) in [5.74, 6) is 1.01. The zero-order valence-corrected chi connectivity index (χ0v) is 14.0. The lowest BCUT2D eigenvalue weighted by atomic mass is 10.1. The second kappa shape index (κ2) is 6.13. The lowest BCUT2D eigenvalue weighted by Gasteiger charge is -2.12. The van der Waals surface area contributed by atoms with Crippen molar-refractivity contribution < 1.29 is 0 Å². The van der Waals surface area contributed by atoms with Crippen LogP contribution in [0, 0.1) is 3.57 Å². The van der Waals surface area contributed by atoms with Gasteiger partial charge in [0.1, 0.15) is 5.15 Å². The third-order valence-corrected chi connectivity index (χ3v) is 4.56. The smallest absolute Gasteiger partial charge is 0.161 e. The van der Waals surface area contributed by atoms with Crippen molar-refractivity contribution in [3.63, 3.8) is 0 Å². The molecule has 100 valence electrons. The highest BCUT2D eigenvalue weighted by atomic mass is 127. The molecule has 0 saturated heterocycles. The van der Waals surface area contributed by atoms with Crippen LogP contribution in [0.2, 0.25) is 5.15 Å². The molecule has 0 spiro atoms. The van der Waals surface area contributed by atoms with Crippen LogP contribution in [0.25, 0.3) is 11.4 Å². The van der Waals surface area contributed by atoms with Crippen molar-refractivity contribution in [2.24, 2.45) is 0 Å². The fourth-order valence-electron chi connectivity index (χ4n) is 1.87. The molecular weight excluding hydrogens is 373 g/mol. The largest absolute Gasteiger partial charge is 0.264 e. The van der Waals surface area contributed by atoms with Crippen molar-refractivity contribution in [1.29, 1.82) is 0 Å². The number of aromatic nitrogens is 3. The first-order chi connectivity index (χ1) is 9.04. The summed E-state index contributed by atoms with van der Waals surface area (Å²) < 4.78 is 0.935. The summed E-state index contributed by atoms with van der Waals surface area (Å²) in [5.41, 5.74) is 3.14. The van der Waals surface area contributed by atoms with Gasteiger partial charge in [0, 0.05) is 18.0 Å². The predicted octanol–water partition coefficient (Wildman–Crippen LogP) is 4.48. The molecule has 0 fully saturated rings. The molecule has 0 aliphatic heterocycles. The standard InChI is InChI=1S/C14H15ClIN3/c1-4-9-7-17-6-5-10(9)14-18-12(8(2)3)11(16)13(15)19-14/h5-8H,4H2,1-3H3. The van der Waals surface area contributed by atoms with Crippen LogP contribution in [-0.4, -0.2) is 15.0 Å². The maximum atomic E-state index is 6.23. The number of nitrogens with zero attached hydrogens (tertiary/aromatic N) is 3. The second-order valence-electron chi connectivity index (χ2n) is 4.58. The van der Waals surface area contributed by atoms with E-state index >= 15 is 0 Å². The summed E-state index contributed by atoms with van der Waals surface area (Å²) in [6.45, 7) is 6.31. The molecule has 0 aliphatic carbocycles. The zero-order valence-electron chi connectivity index (χ0n) is 11.1. The van der Waals surface area contributed by atoms with Crippen molar-refractivity contribution in [3.8, 4) is 11.4 Å². The Hall–Kier alpha value is -0.750. The summed E-state index contributed by atoms with van der Waals surface area (Å²) >= 11 is 8.44. The van der Waals surface area contributed by atoms with Crippen LogP contribution in [0.4, 0.5) is 0 Å². The Balaban J connectivity index is 2.63. The first-order valence-electron chi connectivity index (χ1n) is 6.20. The van der Waals surface area contributed by atoms with Gasteiger partial charge in [0.05, 0.1) is 9.26 Å². The van der Waals surface area contributed by atoms with E-state index in [4.69, 9.17) is 11.6 Å². The van der Waals surface area contributed by atoms with E-state index in [2.05, 4.69) is 58.3 Å². The molecule has 0 amide bonds. The van der Waals surface area contributed by atoms with Gasteiger partial charge in [0.25, 0.3) is 0 Å². The van der Waals surface area contributed by atoms with E-state index in [1.165, 1.54) is 0 Å². The minimum atomic E-state index is 0.318. The van der Waals surface area contributed by atoms with Crippen molar-refractivity contribution in [3.05, 3.63) is 38.4 Å². The molecule has 2 rings (SSSR count). The Morgan fingerprint density at radius 2 is 2.05 bits per heavy atom. The van der Waals surface area contributed by atoms with Crippen molar-refractivity contribution in [1.82, 2.24) is 15.0 Å². The van der Waals surface area contributed by atoms with Gasteiger partial charge in [-0.1, -0.05) is 32.4 Å². The molecule has 0 atom stereocenters. The molecule has 0 aliphatic rings. The van der Waals surface area contributed by atoms with Gasteiger partial charge in [-0.2, -0.15) is 0 Å². The van der Waals surface area contributed by atoms with Crippen molar-refractivity contribution in [2.75, 3.05) is 0 Å². The van der Waals surface area contributed by atoms with E-state index in [0.717, 1.165) is 26.8 Å². The molecule has 19 heavy (non-hydrogen) atoms. The predicted molar refractivity (Wildman–Crippen MR) is 86.5 cm³/mol. The van der Waals surface area contributed by atoms with Gasteiger partial charge < -0.3 is 0 Å². The number of hydrogen-bond donors (Lipinski definition) is 0. The van der Waals surface area contributed by atoms with E-state index in [1.807, 2.05) is 12.3 Å².